The molecular formula is C23H19F4N7O3. The lowest BCUT2D eigenvalue weighted by Gasteiger charge is -2.12. The fourth-order valence-electron chi connectivity index (χ4n) is 3.54. The summed E-state index contributed by atoms with van der Waals surface area (Å²) in [6.07, 6.45) is -1.42. The molecule has 1 saturated carbocycles. The first-order valence-corrected chi connectivity index (χ1v) is 11.1. The van der Waals surface area contributed by atoms with E-state index < -0.39 is 24.4 Å². The molecule has 0 atom stereocenters. The second kappa shape index (κ2) is 9.19. The fraction of sp³-hybridized carbons (Fsp3) is 0.261. The van der Waals surface area contributed by atoms with Gasteiger partial charge in [-0.15, -0.1) is 5.10 Å². The van der Waals surface area contributed by atoms with Crippen LogP contribution >= 0.6 is 0 Å². The van der Waals surface area contributed by atoms with Crippen LogP contribution in [0, 0.1) is 18.7 Å². The summed E-state index contributed by atoms with van der Waals surface area (Å²) in [5, 5.41) is 12.8. The summed E-state index contributed by atoms with van der Waals surface area (Å²) in [5.74, 6) is -1.34. The Morgan fingerprint density at radius 1 is 1.08 bits per heavy atom. The monoisotopic (exact) mass is 517 g/mol. The van der Waals surface area contributed by atoms with Crippen molar-refractivity contribution in [3.8, 4) is 11.5 Å². The van der Waals surface area contributed by atoms with Crippen LogP contribution in [0.15, 0.2) is 42.6 Å². The second-order valence-corrected chi connectivity index (χ2v) is 8.51. The Bertz CT molecular complexity index is 1510. The molecule has 0 unspecified atom stereocenters. The van der Waals surface area contributed by atoms with E-state index in [1.807, 2.05) is 0 Å². The number of nitrogens with zero attached hydrogens (tertiary/aromatic N) is 5. The van der Waals surface area contributed by atoms with Crippen LogP contribution in [0.1, 0.15) is 29.0 Å². The number of aromatic nitrogens is 5. The molecular weight excluding hydrogens is 498 g/mol. The lowest BCUT2D eigenvalue weighted by molar-refractivity contribution is -0.142. The molecule has 1 aliphatic rings. The van der Waals surface area contributed by atoms with Crippen LogP contribution in [0.5, 0.6) is 11.5 Å². The smallest absolute Gasteiger partial charge is 0.408 e. The van der Waals surface area contributed by atoms with Crippen molar-refractivity contribution < 1.29 is 31.9 Å². The van der Waals surface area contributed by atoms with E-state index in [9.17, 15) is 27.2 Å². The summed E-state index contributed by atoms with van der Waals surface area (Å²) in [4.78, 5) is 28.8. The Morgan fingerprint density at radius 2 is 1.84 bits per heavy atom. The van der Waals surface area contributed by atoms with Gasteiger partial charge in [0.25, 0.3) is 5.91 Å². The number of ether oxygens (including phenoxy) is 1. The number of benzene rings is 1. The molecule has 1 aliphatic carbocycles. The number of nitrogens with one attached hydrogen (secondary N) is 2. The number of hydrogen-bond donors (Lipinski definition) is 2. The lowest BCUT2D eigenvalue weighted by Crippen LogP contribution is -2.24. The summed E-state index contributed by atoms with van der Waals surface area (Å²) >= 11 is 0. The third-order valence-corrected chi connectivity index (χ3v) is 5.37. The van der Waals surface area contributed by atoms with Gasteiger partial charge in [0.05, 0.1) is 17.6 Å². The minimum Gasteiger partial charge on any atom is -0.456 e. The van der Waals surface area contributed by atoms with E-state index in [1.54, 1.807) is 12.1 Å². The van der Waals surface area contributed by atoms with E-state index in [-0.39, 0.29) is 40.6 Å². The maximum atomic E-state index is 14.4. The topological polar surface area (TPSA) is 115 Å². The number of amides is 2. The summed E-state index contributed by atoms with van der Waals surface area (Å²) in [6, 6.07) is 7.91. The van der Waals surface area contributed by atoms with E-state index in [2.05, 4.69) is 25.8 Å². The zero-order chi connectivity index (χ0) is 26.3. The molecule has 37 heavy (non-hydrogen) atoms. The van der Waals surface area contributed by atoms with E-state index in [0.29, 0.717) is 16.1 Å². The van der Waals surface area contributed by atoms with Crippen LogP contribution < -0.4 is 15.4 Å². The molecule has 3 heterocycles. The molecule has 4 aromatic rings. The van der Waals surface area contributed by atoms with Gasteiger partial charge in [-0.1, -0.05) is 0 Å². The molecule has 14 heteroatoms. The van der Waals surface area contributed by atoms with Crippen molar-refractivity contribution in [3.05, 3.63) is 59.8 Å². The molecule has 2 amide bonds. The number of pyridine rings is 1. The van der Waals surface area contributed by atoms with Crippen LogP contribution in [0.25, 0.3) is 5.65 Å². The largest absolute Gasteiger partial charge is 0.456 e. The van der Waals surface area contributed by atoms with Gasteiger partial charge in [0, 0.05) is 12.0 Å². The van der Waals surface area contributed by atoms with Crippen molar-refractivity contribution in [2.45, 2.75) is 32.5 Å². The number of fused-ring (bicyclic) bond motifs is 1. The number of hydrogen-bond acceptors (Lipinski definition) is 6. The summed E-state index contributed by atoms with van der Waals surface area (Å²) in [5.41, 5.74) is -0.0180. The molecule has 1 fully saturated rings. The van der Waals surface area contributed by atoms with Gasteiger partial charge in [-0.2, -0.15) is 23.3 Å². The van der Waals surface area contributed by atoms with Gasteiger partial charge in [-0.3, -0.25) is 19.6 Å². The molecule has 1 aromatic carbocycles. The zero-order valence-corrected chi connectivity index (χ0v) is 19.2. The number of halogens is 4. The minimum atomic E-state index is -4.60. The van der Waals surface area contributed by atoms with Gasteiger partial charge in [0.2, 0.25) is 11.9 Å². The maximum Gasteiger partial charge on any atom is 0.408 e. The van der Waals surface area contributed by atoms with E-state index in [1.165, 1.54) is 35.8 Å². The van der Waals surface area contributed by atoms with Gasteiger partial charge in [0.15, 0.2) is 5.65 Å². The molecule has 10 nitrogen and oxygen atoms in total. The van der Waals surface area contributed by atoms with Crippen LogP contribution in [0.4, 0.5) is 29.2 Å². The number of anilines is 2. The van der Waals surface area contributed by atoms with Gasteiger partial charge >= 0.3 is 6.18 Å². The van der Waals surface area contributed by atoms with E-state index in [4.69, 9.17) is 4.74 Å². The van der Waals surface area contributed by atoms with Crippen LogP contribution in [0.3, 0.4) is 0 Å². The van der Waals surface area contributed by atoms with Crippen molar-refractivity contribution in [2.24, 2.45) is 5.92 Å². The average Bonchev–Trinajstić information content (AvgIpc) is 3.50. The number of carbonyl (C=O) groups is 2. The van der Waals surface area contributed by atoms with Gasteiger partial charge < -0.3 is 10.1 Å². The predicted octanol–water partition coefficient (Wildman–Crippen LogP) is 4.33. The second-order valence-electron chi connectivity index (χ2n) is 8.51. The molecule has 2 N–H and O–H groups in total. The Morgan fingerprint density at radius 3 is 2.57 bits per heavy atom. The quantitative estimate of drug-likeness (QED) is 0.353. The Balaban J connectivity index is 1.32. The number of carbonyl (C=O) groups excluding carboxylic acids is 2. The third-order valence-electron chi connectivity index (χ3n) is 5.37. The molecule has 0 radical (unpaired) electrons. The van der Waals surface area contributed by atoms with Crippen molar-refractivity contribution in [1.29, 1.82) is 0 Å². The number of rotatable bonds is 7. The maximum absolute atomic E-state index is 14.4. The van der Waals surface area contributed by atoms with Crippen LogP contribution in [-0.2, 0) is 11.3 Å². The highest BCUT2D eigenvalue weighted by Gasteiger charge is 2.31. The normalized spacial score (nSPS) is 13.5. The summed E-state index contributed by atoms with van der Waals surface area (Å²) in [6.45, 7) is -0.0272. The standard InChI is InChI=1S/C23H19F4N7O3/c1-12-8-18(34(31-12)11-23(25,26)27)21(36)28-17-9-14(4-6-16(17)24)37-15-5-7-19-29-22(32-33(19)10-15)30-20(35)13-2-3-13/h4-10,13H,2-3,11H2,1H3,(H,28,36)(H,30,32,35). The Hall–Kier alpha value is -4.49. The van der Waals surface area contributed by atoms with Gasteiger partial charge in [-0.25, -0.2) is 8.91 Å². The molecule has 0 saturated heterocycles. The van der Waals surface area contributed by atoms with Crippen LogP contribution in [0.2, 0.25) is 0 Å². The summed E-state index contributed by atoms with van der Waals surface area (Å²) in [7, 11) is 0. The third kappa shape index (κ3) is 5.68. The Labute approximate surface area is 206 Å². The summed E-state index contributed by atoms with van der Waals surface area (Å²) < 4.78 is 60.6. The molecule has 0 aliphatic heterocycles. The van der Waals surface area contributed by atoms with Crippen molar-refractivity contribution in [2.75, 3.05) is 10.6 Å². The first-order chi connectivity index (χ1) is 17.5. The SMILES string of the molecule is Cc1cc(C(=O)Nc2cc(Oc3ccc4nc(NC(=O)C5CC5)nn4c3)ccc2F)n(CC(F)(F)F)n1. The highest BCUT2D eigenvalue weighted by molar-refractivity contribution is 6.03. The molecule has 0 bridgehead atoms. The predicted molar refractivity (Wildman–Crippen MR) is 122 cm³/mol. The molecule has 192 valence electrons. The first kappa shape index (κ1) is 24.2. The van der Waals surface area contributed by atoms with E-state index >= 15 is 0 Å². The fourth-order valence-corrected chi connectivity index (χ4v) is 3.54. The molecule has 0 spiro atoms. The van der Waals surface area contributed by atoms with Crippen molar-refractivity contribution >= 4 is 29.1 Å². The van der Waals surface area contributed by atoms with E-state index in [0.717, 1.165) is 18.9 Å². The zero-order valence-electron chi connectivity index (χ0n) is 19.2. The van der Waals surface area contributed by atoms with Crippen molar-refractivity contribution in [1.82, 2.24) is 24.4 Å². The highest BCUT2D eigenvalue weighted by atomic mass is 19.4. The highest BCUT2D eigenvalue weighted by Crippen LogP contribution is 2.30. The van der Waals surface area contributed by atoms with Crippen molar-refractivity contribution in [3.63, 3.8) is 0 Å². The Kier molecular flexibility index (Phi) is 6.01. The molecule has 3 aromatic heterocycles. The average molecular weight is 517 g/mol. The molecule has 5 rings (SSSR count). The minimum absolute atomic E-state index is 0.00658. The lowest BCUT2D eigenvalue weighted by atomic mass is 10.2. The van der Waals surface area contributed by atoms with Crippen LogP contribution in [-0.4, -0.2) is 42.4 Å². The number of alkyl halides is 3. The van der Waals surface area contributed by atoms with Gasteiger partial charge in [-0.05, 0) is 50.1 Å². The van der Waals surface area contributed by atoms with Gasteiger partial charge in [0.1, 0.15) is 29.6 Å². The first-order valence-electron chi connectivity index (χ1n) is 11.1. The number of aryl methyl sites for hydroxylation is 1.